The number of benzene rings is 1. The van der Waals surface area contributed by atoms with Gasteiger partial charge in [-0.25, -0.2) is 0 Å². The smallest absolute Gasteiger partial charge is 0.225 e. The van der Waals surface area contributed by atoms with Crippen molar-refractivity contribution in [1.82, 2.24) is 5.32 Å². The topological polar surface area (TPSA) is 64.3 Å². The van der Waals surface area contributed by atoms with Crippen LogP contribution < -0.4 is 15.8 Å². The molecule has 20 heavy (non-hydrogen) atoms. The number of nitrogens with one attached hydrogen (secondary N) is 1. The second-order valence-electron chi connectivity index (χ2n) is 5.68. The molecule has 110 valence electrons. The summed E-state index contributed by atoms with van der Waals surface area (Å²) >= 11 is 0. The Morgan fingerprint density at radius 2 is 2.20 bits per heavy atom. The zero-order valence-corrected chi connectivity index (χ0v) is 12.5. The van der Waals surface area contributed by atoms with E-state index < -0.39 is 0 Å². The second kappa shape index (κ2) is 6.27. The number of rotatable bonds is 4. The van der Waals surface area contributed by atoms with Crippen LogP contribution in [-0.4, -0.2) is 19.1 Å². The molecule has 3 unspecified atom stereocenters. The SMILES string of the molecule is COc1ccc(C)cc1C(C)NC(=O)C1CCCC1N. The van der Waals surface area contributed by atoms with Crippen molar-refractivity contribution in [3.05, 3.63) is 29.3 Å². The van der Waals surface area contributed by atoms with Gasteiger partial charge in [-0.05, 0) is 32.8 Å². The normalized spacial score (nSPS) is 23.4. The summed E-state index contributed by atoms with van der Waals surface area (Å²) in [5.41, 5.74) is 8.15. The van der Waals surface area contributed by atoms with Crippen LogP contribution >= 0.6 is 0 Å². The Kier molecular flexibility index (Phi) is 4.65. The van der Waals surface area contributed by atoms with Gasteiger partial charge < -0.3 is 15.8 Å². The highest BCUT2D eigenvalue weighted by atomic mass is 16.5. The number of carbonyl (C=O) groups is 1. The molecule has 1 saturated carbocycles. The van der Waals surface area contributed by atoms with Crippen molar-refractivity contribution in [2.24, 2.45) is 11.7 Å². The zero-order valence-electron chi connectivity index (χ0n) is 12.5. The number of methoxy groups -OCH3 is 1. The molecule has 0 radical (unpaired) electrons. The van der Waals surface area contributed by atoms with Gasteiger partial charge in [0.2, 0.25) is 5.91 Å². The van der Waals surface area contributed by atoms with E-state index in [0.717, 1.165) is 36.1 Å². The summed E-state index contributed by atoms with van der Waals surface area (Å²) < 4.78 is 5.37. The summed E-state index contributed by atoms with van der Waals surface area (Å²) in [6, 6.07) is 5.92. The van der Waals surface area contributed by atoms with Gasteiger partial charge in [0.1, 0.15) is 5.75 Å². The van der Waals surface area contributed by atoms with Gasteiger partial charge in [0, 0.05) is 11.6 Å². The standard InChI is InChI=1S/C16H24N2O2/c1-10-7-8-15(20-3)13(9-10)11(2)18-16(19)12-5-4-6-14(12)17/h7-9,11-12,14H,4-6,17H2,1-3H3,(H,18,19). The number of hydrogen-bond acceptors (Lipinski definition) is 3. The predicted molar refractivity (Wildman–Crippen MR) is 79.6 cm³/mol. The van der Waals surface area contributed by atoms with Crippen LogP contribution in [0.4, 0.5) is 0 Å². The van der Waals surface area contributed by atoms with Crippen LogP contribution in [0.1, 0.15) is 43.4 Å². The molecule has 0 saturated heterocycles. The van der Waals surface area contributed by atoms with Crippen LogP contribution in [-0.2, 0) is 4.79 Å². The maximum atomic E-state index is 12.3. The van der Waals surface area contributed by atoms with E-state index in [2.05, 4.69) is 11.4 Å². The molecule has 3 atom stereocenters. The van der Waals surface area contributed by atoms with Gasteiger partial charge in [-0.2, -0.15) is 0 Å². The number of ether oxygens (including phenoxy) is 1. The molecule has 1 amide bonds. The van der Waals surface area contributed by atoms with Crippen LogP contribution in [0.25, 0.3) is 0 Å². The first-order valence-electron chi connectivity index (χ1n) is 7.23. The minimum Gasteiger partial charge on any atom is -0.496 e. The monoisotopic (exact) mass is 276 g/mol. The lowest BCUT2D eigenvalue weighted by atomic mass is 10.0. The molecular weight excluding hydrogens is 252 g/mol. The minimum atomic E-state index is -0.0786. The zero-order chi connectivity index (χ0) is 14.7. The molecule has 1 aromatic rings. The highest BCUT2D eigenvalue weighted by Crippen LogP contribution is 2.28. The van der Waals surface area contributed by atoms with Gasteiger partial charge in [0.25, 0.3) is 0 Å². The van der Waals surface area contributed by atoms with Crippen molar-refractivity contribution >= 4 is 5.91 Å². The summed E-state index contributed by atoms with van der Waals surface area (Å²) in [6.07, 6.45) is 2.88. The van der Waals surface area contributed by atoms with Crippen LogP contribution in [0.5, 0.6) is 5.75 Å². The van der Waals surface area contributed by atoms with Crippen LogP contribution in [0, 0.1) is 12.8 Å². The summed E-state index contributed by atoms with van der Waals surface area (Å²) in [5.74, 6) is 0.818. The Balaban J connectivity index is 2.09. The highest BCUT2D eigenvalue weighted by Gasteiger charge is 2.31. The third kappa shape index (κ3) is 3.12. The van der Waals surface area contributed by atoms with Gasteiger partial charge in [-0.15, -0.1) is 0 Å². The van der Waals surface area contributed by atoms with Crippen molar-refractivity contribution in [2.75, 3.05) is 7.11 Å². The van der Waals surface area contributed by atoms with E-state index in [4.69, 9.17) is 10.5 Å². The number of amides is 1. The van der Waals surface area contributed by atoms with Crippen molar-refractivity contribution in [1.29, 1.82) is 0 Å². The minimum absolute atomic E-state index is 0.00149. The molecule has 1 fully saturated rings. The molecular formula is C16H24N2O2. The lowest BCUT2D eigenvalue weighted by Gasteiger charge is -2.21. The van der Waals surface area contributed by atoms with Gasteiger partial charge in [0.15, 0.2) is 0 Å². The number of hydrogen-bond donors (Lipinski definition) is 2. The van der Waals surface area contributed by atoms with E-state index in [0.29, 0.717) is 0 Å². The summed E-state index contributed by atoms with van der Waals surface area (Å²) in [5, 5.41) is 3.07. The first kappa shape index (κ1) is 14.9. The molecule has 0 bridgehead atoms. The molecule has 3 N–H and O–H groups in total. The van der Waals surface area contributed by atoms with Gasteiger partial charge in [-0.3, -0.25) is 4.79 Å². The third-order valence-electron chi connectivity index (χ3n) is 4.12. The van der Waals surface area contributed by atoms with Crippen LogP contribution in [0.15, 0.2) is 18.2 Å². The highest BCUT2D eigenvalue weighted by molar-refractivity contribution is 5.80. The first-order valence-corrected chi connectivity index (χ1v) is 7.23. The molecule has 0 aliphatic heterocycles. The summed E-state index contributed by atoms with van der Waals surface area (Å²) in [4.78, 5) is 12.3. The average molecular weight is 276 g/mol. The number of nitrogens with two attached hydrogens (primary N) is 1. The van der Waals surface area contributed by atoms with E-state index in [-0.39, 0.29) is 23.9 Å². The molecule has 1 aromatic carbocycles. The largest absolute Gasteiger partial charge is 0.496 e. The van der Waals surface area contributed by atoms with Crippen molar-refractivity contribution in [2.45, 2.75) is 45.2 Å². The molecule has 4 heteroatoms. The molecule has 1 aliphatic carbocycles. The van der Waals surface area contributed by atoms with Crippen molar-refractivity contribution in [3.8, 4) is 5.75 Å². The fourth-order valence-corrected chi connectivity index (χ4v) is 2.90. The quantitative estimate of drug-likeness (QED) is 0.887. The summed E-state index contributed by atoms with van der Waals surface area (Å²) in [7, 11) is 1.65. The van der Waals surface area contributed by atoms with Crippen LogP contribution in [0.2, 0.25) is 0 Å². The lowest BCUT2D eigenvalue weighted by Crippen LogP contribution is -2.39. The Hall–Kier alpha value is -1.55. The molecule has 1 aliphatic rings. The molecule has 2 rings (SSSR count). The van der Waals surface area contributed by atoms with Gasteiger partial charge in [-0.1, -0.05) is 24.1 Å². The fourth-order valence-electron chi connectivity index (χ4n) is 2.90. The van der Waals surface area contributed by atoms with E-state index in [1.165, 1.54) is 0 Å². The maximum absolute atomic E-state index is 12.3. The maximum Gasteiger partial charge on any atom is 0.225 e. The first-order chi connectivity index (χ1) is 9.52. The average Bonchev–Trinajstić information content (AvgIpc) is 2.85. The van der Waals surface area contributed by atoms with E-state index in [1.54, 1.807) is 7.11 Å². The Morgan fingerprint density at radius 1 is 1.45 bits per heavy atom. The molecule has 0 aromatic heterocycles. The Morgan fingerprint density at radius 3 is 2.80 bits per heavy atom. The molecule has 0 heterocycles. The van der Waals surface area contributed by atoms with E-state index >= 15 is 0 Å². The van der Waals surface area contributed by atoms with Crippen molar-refractivity contribution in [3.63, 3.8) is 0 Å². The van der Waals surface area contributed by atoms with Gasteiger partial charge in [0.05, 0.1) is 19.1 Å². The lowest BCUT2D eigenvalue weighted by molar-refractivity contribution is -0.125. The second-order valence-corrected chi connectivity index (χ2v) is 5.68. The van der Waals surface area contributed by atoms with E-state index in [9.17, 15) is 4.79 Å². The van der Waals surface area contributed by atoms with Crippen LogP contribution in [0.3, 0.4) is 0 Å². The Bertz CT molecular complexity index is 487. The van der Waals surface area contributed by atoms with Gasteiger partial charge >= 0.3 is 0 Å². The Labute approximate surface area is 120 Å². The number of aryl methyl sites for hydroxylation is 1. The summed E-state index contributed by atoms with van der Waals surface area (Å²) in [6.45, 7) is 4.01. The number of carbonyl (C=O) groups excluding carboxylic acids is 1. The molecule has 4 nitrogen and oxygen atoms in total. The fraction of sp³-hybridized carbons (Fsp3) is 0.562. The van der Waals surface area contributed by atoms with Crippen molar-refractivity contribution < 1.29 is 9.53 Å². The third-order valence-corrected chi connectivity index (χ3v) is 4.12. The molecule has 0 spiro atoms. The predicted octanol–water partition coefficient (Wildman–Crippen LogP) is 2.31. The van der Waals surface area contributed by atoms with E-state index in [1.807, 2.05) is 26.0 Å².